The minimum atomic E-state index is 0.641. The minimum absolute atomic E-state index is 0.641. The Morgan fingerprint density at radius 2 is 0.940 bits per heavy atom. The maximum absolute atomic E-state index is 5.25. The van der Waals surface area contributed by atoms with Gasteiger partial charge in [0.25, 0.3) is 0 Å². The summed E-state index contributed by atoms with van der Waals surface area (Å²) in [4.78, 5) is 25.6. The number of thiophene rings is 2. The van der Waals surface area contributed by atoms with Gasteiger partial charge in [0.2, 0.25) is 0 Å². The van der Waals surface area contributed by atoms with Crippen LogP contribution in [0.3, 0.4) is 0 Å². The van der Waals surface area contributed by atoms with E-state index in [1.165, 1.54) is 14.1 Å². The van der Waals surface area contributed by atoms with Gasteiger partial charge in [0.1, 0.15) is 0 Å². The highest BCUT2D eigenvalue weighted by Crippen LogP contribution is 2.43. The summed E-state index contributed by atoms with van der Waals surface area (Å²) < 4.78 is 4.66. The first-order valence-corrected chi connectivity index (χ1v) is 18.0. The number of aromatic nitrogens is 5. The predicted molar refractivity (Wildman–Crippen MR) is 208 cm³/mol. The van der Waals surface area contributed by atoms with E-state index in [2.05, 4.69) is 84.9 Å². The van der Waals surface area contributed by atoms with E-state index >= 15 is 0 Å². The Balaban J connectivity index is 1.20. The summed E-state index contributed by atoms with van der Waals surface area (Å²) in [6.45, 7) is 0. The highest BCUT2D eigenvalue weighted by Gasteiger charge is 2.20. The highest BCUT2D eigenvalue weighted by atomic mass is 32.1. The van der Waals surface area contributed by atoms with Crippen molar-refractivity contribution in [3.8, 4) is 56.8 Å². The zero-order valence-corrected chi connectivity index (χ0v) is 28.1. The first-order valence-electron chi connectivity index (χ1n) is 16.3. The normalized spacial score (nSPS) is 11.6. The summed E-state index contributed by atoms with van der Waals surface area (Å²) >= 11 is 3.52. The van der Waals surface area contributed by atoms with Crippen molar-refractivity contribution >= 4 is 63.1 Å². The maximum Gasteiger partial charge on any atom is 0.164 e. The Labute approximate surface area is 295 Å². The quantitative estimate of drug-likeness (QED) is 0.182. The van der Waals surface area contributed by atoms with E-state index in [4.69, 9.17) is 24.9 Å². The van der Waals surface area contributed by atoms with Crippen molar-refractivity contribution in [3.63, 3.8) is 0 Å². The summed E-state index contributed by atoms with van der Waals surface area (Å²) in [7, 11) is 0. The largest absolute Gasteiger partial charge is 0.226 e. The third kappa shape index (κ3) is 4.86. The molecule has 234 valence electrons. The number of hydrogen-bond acceptors (Lipinski definition) is 7. The zero-order valence-electron chi connectivity index (χ0n) is 26.5. The molecule has 0 bridgehead atoms. The molecule has 0 radical (unpaired) electrons. The monoisotopic (exact) mass is 675 g/mol. The van der Waals surface area contributed by atoms with Gasteiger partial charge in [0.15, 0.2) is 23.3 Å². The first-order chi connectivity index (χ1) is 24.8. The van der Waals surface area contributed by atoms with Gasteiger partial charge in [0.05, 0.1) is 15.9 Å². The van der Waals surface area contributed by atoms with Crippen LogP contribution in [-0.4, -0.2) is 24.9 Å². The van der Waals surface area contributed by atoms with Crippen molar-refractivity contribution in [1.82, 2.24) is 24.9 Å². The van der Waals surface area contributed by atoms with Gasteiger partial charge >= 0.3 is 0 Å². The van der Waals surface area contributed by atoms with Crippen molar-refractivity contribution in [2.75, 3.05) is 0 Å². The van der Waals surface area contributed by atoms with Gasteiger partial charge in [-0.15, -0.1) is 22.7 Å². The molecule has 0 saturated heterocycles. The van der Waals surface area contributed by atoms with Crippen molar-refractivity contribution in [2.24, 2.45) is 0 Å². The van der Waals surface area contributed by atoms with E-state index in [-0.39, 0.29) is 0 Å². The number of nitrogens with zero attached hydrogens (tertiary/aromatic N) is 5. The Kier molecular flexibility index (Phi) is 6.79. The van der Waals surface area contributed by atoms with E-state index in [1.807, 2.05) is 66.7 Å². The number of fused-ring (bicyclic) bond motifs is 6. The van der Waals surface area contributed by atoms with Crippen molar-refractivity contribution in [2.45, 2.75) is 0 Å². The molecule has 4 aromatic heterocycles. The van der Waals surface area contributed by atoms with Gasteiger partial charge < -0.3 is 0 Å². The Hall–Kier alpha value is -6.15. The molecular formula is C43H25N5S2. The van der Waals surface area contributed by atoms with Crippen LogP contribution >= 0.6 is 22.7 Å². The van der Waals surface area contributed by atoms with Crippen LogP contribution < -0.4 is 0 Å². The first kappa shape index (κ1) is 28.8. The highest BCUT2D eigenvalue weighted by molar-refractivity contribution is 7.26. The lowest BCUT2D eigenvalue weighted by atomic mass is 10.0. The van der Waals surface area contributed by atoms with Gasteiger partial charge in [-0.2, -0.15) is 0 Å². The average Bonchev–Trinajstić information content (AvgIpc) is 3.76. The van der Waals surface area contributed by atoms with Crippen LogP contribution in [0.4, 0.5) is 0 Å². The number of hydrogen-bond donors (Lipinski definition) is 0. The minimum Gasteiger partial charge on any atom is -0.226 e. The molecule has 10 rings (SSSR count). The van der Waals surface area contributed by atoms with Gasteiger partial charge in [-0.1, -0.05) is 121 Å². The van der Waals surface area contributed by atoms with E-state index in [0.717, 1.165) is 59.9 Å². The lowest BCUT2D eigenvalue weighted by Gasteiger charge is -2.10. The van der Waals surface area contributed by atoms with Crippen LogP contribution in [0, 0.1) is 0 Å². The molecule has 0 fully saturated rings. The Bertz CT molecular complexity index is 2810. The molecule has 0 aliphatic rings. The Morgan fingerprint density at radius 1 is 0.360 bits per heavy atom. The summed E-state index contributed by atoms with van der Waals surface area (Å²) in [5, 5.41) is 3.39. The third-order valence-electron chi connectivity index (χ3n) is 8.96. The molecule has 5 nitrogen and oxygen atoms in total. The molecule has 4 heterocycles. The van der Waals surface area contributed by atoms with E-state index in [0.29, 0.717) is 23.3 Å². The molecule has 0 aliphatic carbocycles. The van der Waals surface area contributed by atoms with E-state index in [1.54, 1.807) is 22.7 Å². The summed E-state index contributed by atoms with van der Waals surface area (Å²) in [6.07, 6.45) is 0. The number of benzene rings is 6. The van der Waals surface area contributed by atoms with E-state index < -0.39 is 0 Å². The van der Waals surface area contributed by atoms with Crippen LogP contribution in [0.2, 0.25) is 0 Å². The lowest BCUT2D eigenvalue weighted by Crippen LogP contribution is -2.00. The molecule has 0 amide bonds. The second-order valence-corrected chi connectivity index (χ2v) is 14.2. The van der Waals surface area contributed by atoms with Crippen molar-refractivity contribution in [3.05, 3.63) is 152 Å². The molecule has 0 aliphatic heterocycles. The fourth-order valence-corrected chi connectivity index (χ4v) is 8.86. The summed E-state index contributed by atoms with van der Waals surface area (Å²) in [6, 6.07) is 52.1. The summed E-state index contributed by atoms with van der Waals surface area (Å²) in [5.74, 6) is 2.63. The average molecular weight is 676 g/mol. The van der Waals surface area contributed by atoms with Crippen LogP contribution in [0.1, 0.15) is 0 Å². The SMILES string of the molecule is c1ccc(-c2nc(-c3ccccc3)nc(-c3cccc4sc5ccc(-c6nc(-c7ccccc7)c7sc8ccccc8c7n6)cc5c34)n2)cc1. The Morgan fingerprint density at radius 3 is 1.66 bits per heavy atom. The van der Waals surface area contributed by atoms with Crippen LogP contribution in [0.25, 0.3) is 97.3 Å². The topological polar surface area (TPSA) is 64.5 Å². The summed E-state index contributed by atoms with van der Waals surface area (Å²) in [5.41, 5.74) is 6.84. The molecular weight excluding hydrogens is 651 g/mol. The zero-order chi connectivity index (χ0) is 33.0. The van der Waals surface area contributed by atoms with Gasteiger partial charge in [0, 0.05) is 58.1 Å². The molecule has 0 spiro atoms. The second kappa shape index (κ2) is 11.8. The molecule has 0 N–H and O–H groups in total. The molecule has 0 unspecified atom stereocenters. The third-order valence-corrected chi connectivity index (χ3v) is 11.3. The molecule has 0 atom stereocenters. The van der Waals surface area contributed by atoms with Crippen molar-refractivity contribution in [1.29, 1.82) is 0 Å². The van der Waals surface area contributed by atoms with Crippen LogP contribution in [0.5, 0.6) is 0 Å². The van der Waals surface area contributed by atoms with Gasteiger partial charge in [-0.25, -0.2) is 24.9 Å². The molecule has 7 heteroatoms. The fraction of sp³-hybridized carbons (Fsp3) is 0. The van der Waals surface area contributed by atoms with E-state index in [9.17, 15) is 0 Å². The molecule has 6 aromatic carbocycles. The number of rotatable bonds is 5. The maximum atomic E-state index is 5.25. The second-order valence-electron chi connectivity index (χ2n) is 12.1. The molecule has 0 saturated carbocycles. The smallest absolute Gasteiger partial charge is 0.164 e. The van der Waals surface area contributed by atoms with Crippen LogP contribution in [-0.2, 0) is 0 Å². The van der Waals surface area contributed by atoms with Gasteiger partial charge in [-0.3, -0.25) is 0 Å². The lowest BCUT2D eigenvalue weighted by molar-refractivity contribution is 1.08. The standard InChI is InChI=1S/C43H25N5S2/c1-4-13-26(14-5-1)37-39-38(30-19-10-11-21-33(30)50-39)45-42(44-37)29-23-24-34-32(25-29)36-31(20-12-22-35(36)49-34)43-47-40(27-15-6-2-7-16-27)46-41(48-43)28-17-8-3-9-18-28/h1-25H. The molecule has 50 heavy (non-hydrogen) atoms. The predicted octanol–water partition coefficient (Wildman–Crippen LogP) is 11.7. The van der Waals surface area contributed by atoms with Crippen molar-refractivity contribution < 1.29 is 0 Å². The van der Waals surface area contributed by atoms with Crippen LogP contribution in [0.15, 0.2) is 152 Å². The molecule has 10 aromatic rings. The fourth-order valence-electron chi connectivity index (χ4n) is 6.59. The van der Waals surface area contributed by atoms with Gasteiger partial charge in [-0.05, 0) is 30.3 Å².